The van der Waals surface area contributed by atoms with E-state index in [9.17, 15) is 14.3 Å². The van der Waals surface area contributed by atoms with E-state index < -0.39 is 11.9 Å². The Labute approximate surface area is 99.9 Å². The van der Waals surface area contributed by atoms with E-state index in [-0.39, 0.29) is 11.5 Å². The molecule has 1 aliphatic heterocycles. The lowest BCUT2D eigenvalue weighted by atomic mass is 10.1. The number of aliphatic hydroxyl groups is 1. The van der Waals surface area contributed by atoms with E-state index in [0.29, 0.717) is 25.1 Å². The van der Waals surface area contributed by atoms with E-state index in [1.165, 1.54) is 11.0 Å². The molecule has 1 aromatic rings. The molecule has 0 saturated carbocycles. The zero-order valence-corrected chi connectivity index (χ0v) is 9.82. The summed E-state index contributed by atoms with van der Waals surface area (Å²) in [5.41, 5.74) is 0.563. The van der Waals surface area contributed by atoms with E-state index in [1.54, 1.807) is 19.1 Å². The number of β-amino-alcohol motifs (C(OH)–C–C–N with tert-alkyl or cyclic N) is 1. The average Bonchev–Trinajstić information content (AvgIpc) is 2.32. The fraction of sp³-hybridized carbons (Fsp3) is 0.462. The van der Waals surface area contributed by atoms with Crippen LogP contribution < -0.4 is 0 Å². The Bertz CT molecular complexity index is 433. The first kappa shape index (κ1) is 12.0. The van der Waals surface area contributed by atoms with Crippen LogP contribution in [0.4, 0.5) is 4.39 Å². The maximum absolute atomic E-state index is 13.8. The van der Waals surface area contributed by atoms with Crippen LogP contribution in [0, 0.1) is 12.7 Å². The fourth-order valence-corrected chi connectivity index (χ4v) is 2.12. The van der Waals surface area contributed by atoms with Crippen LogP contribution in [0.1, 0.15) is 28.8 Å². The highest BCUT2D eigenvalue weighted by Crippen LogP contribution is 2.17. The lowest BCUT2D eigenvalue weighted by molar-refractivity contribution is 0.0470. The molecule has 17 heavy (non-hydrogen) atoms. The highest BCUT2D eigenvalue weighted by molar-refractivity contribution is 5.94. The number of nitrogens with zero attached hydrogens (tertiary/aromatic N) is 1. The van der Waals surface area contributed by atoms with Gasteiger partial charge in [-0.05, 0) is 31.4 Å². The number of hydrogen-bond acceptors (Lipinski definition) is 2. The molecule has 1 fully saturated rings. The van der Waals surface area contributed by atoms with Gasteiger partial charge in [0.25, 0.3) is 5.91 Å². The third-order valence-electron chi connectivity index (χ3n) is 3.11. The van der Waals surface area contributed by atoms with Gasteiger partial charge in [-0.25, -0.2) is 4.39 Å². The van der Waals surface area contributed by atoms with Gasteiger partial charge in [-0.15, -0.1) is 0 Å². The van der Waals surface area contributed by atoms with Crippen molar-refractivity contribution in [1.29, 1.82) is 0 Å². The summed E-state index contributed by atoms with van der Waals surface area (Å²) >= 11 is 0. The molecule has 1 amide bonds. The third-order valence-corrected chi connectivity index (χ3v) is 3.11. The molecule has 1 atom stereocenters. The van der Waals surface area contributed by atoms with Gasteiger partial charge in [-0.2, -0.15) is 0 Å². The summed E-state index contributed by atoms with van der Waals surface area (Å²) in [4.78, 5) is 13.6. The van der Waals surface area contributed by atoms with Crippen molar-refractivity contribution in [3.8, 4) is 0 Å². The molecule has 1 unspecified atom stereocenters. The molecule has 0 spiro atoms. The molecule has 1 aliphatic rings. The Morgan fingerprint density at radius 3 is 3.00 bits per heavy atom. The summed E-state index contributed by atoms with van der Waals surface area (Å²) in [5.74, 6) is -0.789. The van der Waals surface area contributed by atoms with Crippen LogP contribution in [0.25, 0.3) is 0 Å². The van der Waals surface area contributed by atoms with E-state index in [0.717, 1.165) is 6.42 Å². The number of carbonyl (C=O) groups is 1. The Balaban J connectivity index is 2.22. The largest absolute Gasteiger partial charge is 0.391 e. The molecule has 0 aromatic heterocycles. The van der Waals surface area contributed by atoms with Crippen molar-refractivity contribution in [2.75, 3.05) is 13.1 Å². The maximum Gasteiger partial charge on any atom is 0.256 e. The van der Waals surface area contributed by atoms with Gasteiger partial charge in [0.15, 0.2) is 0 Å². The van der Waals surface area contributed by atoms with E-state index in [4.69, 9.17) is 0 Å². The minimum absolute atomic E-state index is 0.0964. The summed E-state index contributed by atoms with van der Waals surface area (Å²) in [6.07, 6.45) is 0.987. The van der Waals surface area contributed by atoms with E-state index in [1.807, 2.05) is 0 Å². The van der Waals surface area contributed by atoms with Crippen molar-refractivity contribution in [2.24, 2.45) is 0 Å². The SMILES string of the molecule is Cc1cccc(C(=O)N2CCCC(O)C2)c1F. The molecular weight excluding hydrogens is 221 g/mol. The van der Waals surface area contributed by atoms with Crippen molar-refractivity contribution < 1.29 is 14.3 Å². The Morgan fingerprint density at radius 1 is 1.53 bits per heavy atom. The van der Waals surface area contributed by atoms with Crippen molar-refractivity contribution in [3.05, 3.63) is 35.1 Å². The number of amides is 1. The fourth-order valence-electron chi connectivity index (χ4n) is 2.12. The first-order valence-electron chi connectivity index (χ1n) is 5.82. The molecular formula is C13H16FNO2. The molecule has 1 aromatic carbocycles. The van der Waals surface area contributed by atoms with Crippen molar-refractivity contribution in [2.45, 2.75) is 25.9 Å². The number of benzene rings is 1. The summed E-state index contributed by atoms with van der Waals surface area (Å²) < 4.78 is 13.8. The first-order valence-corrected chi connectivity index (χ1v) is 5.82. The number of carbonyl (C=O) groups excluding carboxylic acids is 1. The monoisotopic (exact) mass is 237 g/mol. The van der Waals surface area contributed by atoms with Crippen molar-refractivity contribution >= 4 is 5.91 Å². The molecule has 1 heterocycles. The van der Waals surface area contributed by atoms with E-state index in [2.05, 4.69) is 0 Å². The lowest BCUT2D eigenvalue weighted by Gasteiger charge is -2.30. The predicted molar refractivity (Wildman–Crippen MR) is 62.3 cm³/mol. The first-order chi connectivity index (χ1) is 8.09. The highest BCUT2D eigenvalue weighted by Gasteiger charge is 2.25. The normalized spacial score (nSPS) is 20.4. The minimum atomic E-state index is -0.486. The van der Waals surface area contributed by atoms with Gasteiger partial charge >= 0.3 is 0 Å². The number of hydrogen-bond donors (Lipinski definition) is 1. The van der Waals surface area contributed by atoms with Crippen LogP contribution in [0.15, 0.2) is 18.2 Å². The molecule has 0 bridgehead atoms. The molecule has 1 N–H and O–H groups in total. The van der Waals surface area contributed by atoms with Crippen LogP contribution in [0.3, 0.4) is 0 Å². The Kier molecular flexibility index (Phi) is 3.43. The number of halogens is 1. The number of piperidine rings is 1. The minimum Gasteiger partial charge on any atom is -0.391 e. The quantitative estimate of drug-likeness (QED) is 0.808. The van der Waals surface area contributed by atoms with Crippen LogP contribution >= 0.6 is 0 Å². The van der Waals surface area contributed by atoms with Crippen LogP contribution in [-0.2, 0) is 0 Å². The second kappa shape index (κ2) is 4.84. The van der Waals surface area contributed by atoms with Crippen molar-refractivity contribution in [3.63, 3.8) is 0 Å². The van der Waals surface area contributed by atoms with Gasteiger partial charge in [0.2, 0.25) is 0 Å². The van der Waals surface area contributed by atoms with Gasteiger partial charge in [0.1, 0.15) is 5.82 Å². The summed E-state index contributed by atoms with van der Waals surface area (Å²) in [6.45, 7) is 2.52. The van der Waals surface area contributed by atoms with Gasteiger partial charge < -0.3 is 10.0 Å². The van der Waals surface area contributed by atoms with E-state index >= 15 is 0 Å². The number of aryl methyl sites for hydroxylation is 1. The molecule has 1 saturated heterocycles. The van der Waals surface area contributed by atoms with Gasteiger partial charge in [0, 0.05) is 13.1 Å². The Hall–Kier alpha value is -1.42. The molecule has 0 aliphatic carbocycles. The van der Waals surface area contributed by atoms with Crippen LogP contribution in [0.5, 0.6) is 0 Å². The zero-order chi connectivity index (χ0) is 12.4. The number of likely N-dealkylation sites (tertiary alicyclic amines) is 1. The number of aliphatic hydroxyl groups excluding tert-OH is 1. The van der Waals surface area contributed by atoms with Gasteiger partial charge in [0.05, 0.1) is 11.7 Å². The molecule has 4 heteroatoms. The highest BCUT2D eigenvalue weighted by atomic mass is 19.1. The molecule has 2 rings (SSSR count). The zero-order valence-electron chi connectivity index (χ0n) is 9.82. The average molecular weight is 237 g/mol. The van der Waals surface area contributed by atoms with Crippen molar-refractivity contribution in [1.82, 2.24) is 4.90 Å². The van der Waals surface area contributed by atoms with Gasteiger partial charge in [-0.1, -0.05) is 12.1 Å². The summed E-state index contributed by atoms with van der Waals surface area (Å²) in [6, 6.07) is 4.80. The lowest BCUT2D eigenvalue weighted by Crippen LogP contribution is -2.42. The maximum atomic E-state index is 13.8. The molecule has 3 nitrogen and oxygen atoms in total. The summed E-state index contributed by atoms with van der Waals surface area (Å²) in [5, 5.41) is 9.51. The predicted octanol–water partition coefficient (Wildman–Crippen LogP) is 1.73. The smallest absolute Gasteiger partial charge is 0.256 e. The topological polar surface area (TPSA) is 40.5 Å². The molecule has 92 valence electrons. The molecule has 0 radical (unpaired) electrons. The second-order valence-electron chi connectivity index (χ2n) is 4.48. The standard InChI is InChI=1S/C13H16FNO2/c1-9-4-2-6-11(12(9)14)13(17)15-7-3-5-10(16)8-15/h2,4,6,10,16H,3,5,7-8H2,1H3. The van der Waals surface area contributed by atoms with Crippen LogP contribution in [-0.4, -0.2) is 35.1 Å². The number of rotatable bonds is 1. The van der Waals surface area contributed by atoms with Gasteiger partial charge in [-0.3, -0.25) is 4.79 Å². The van der Waals surface area contributed by atoms with Crippen LogP contribution in [0.2, 0.25) is 0 Å². The Morgan fingerprint density at radius 2 is 2.29 bits per heavy atom. The third kappa shape index (κ3) is 2.47. The summed E-state index contributed by atoms with van der Waals surface area (Å²) in [7, 11) is 0. The second-order valence-corrected chi connectivity index (χ2v) is 4.48.